The van der Waals surface area contributed by atoms with E-state index in [4.69, 9.17) is 4.42 Å². The molecular formula is C23H25N3O5S. The minimum absolute atomic E-state index is 0.0299. The largest absolute Gasteiger partial charge is 0.422 e. The van der Waals surface area contributed by atoms with E-state index in [0.29, 0.717) is 55.1 Å². The number of nitrogens with zero attached hydrogens (tertiary/aromatic N) is 2. The maximum absolute atomic E-state index is 12.8. The quantitative estimate of drug-likeness (QED) is 0.570. The molecule has 1 aliphatic rings. The third-order valence-electron chi connectivity index (χ3n) is 5.59. The number of nitrogens with one attached hydrogen (secondary N) is 1. The van der Waals surface area contributed by atoms with E-state index < -0.39 is 21.6 Å². The van der Waals surface area contributed by atoms with Gasteiger partial charge in [0.05, 0.1) is 4.90 Å². The molecule has 2 heterocycles. The number of rotatable bonds is 6. The van der Waals surface area contributed by atoms with Crippen LogP contribution in [-0.2, 0) is 10.0 Å². The molecule has 3 aromatic rings. The fourth-order valence-electron chi connectivity index (χ4n) is 3.70. The van der Waals surface area contributed by atoms with E-state index in [-0.39, 0.29) is 5.56 Å². The number of carbonyl (C=O) groups excluding carboxylic acids is 1. The molecule has 32 heavy (non-hydrogen) atoms. The van der Waals surface area contributed by atoms with Crippen molar-refractivity contribution in [1.82, 2.24) is 14.5 Å². The molecule has 0 spiro atoms. The Balaban J connectivity index is 1.29. The molecule has 1 aliphatic heterocycles. The summed E-state index contributed by atoms with van der Waals surface area (Å²) >= 11 is 0. The highest BCUT2D eigenvalue weighted by Gasteiger charge is 2.28. The SMILES string of the molecule is Cc1ccc(S(=O)(=O)N2CCN(CCNC(=O)c3cc4ccccc4oc3=O)CC2)cc1. The minimum Gasteiger partial charge on any atom is -0.422 e. The van der Waals surface area contributed by atoms with Crippen molar-refractivity contribution >= 4 is 26.9 Å². The van der Waals surface area contributed by atoms with Gasteiger partial charge in [-0.15, -0.1) is 0 Å². The molecule has 0 unspecified atom stereocenters. The number of para-hydroxylation sites is 1. The monoisotopic (exact) mass is 455 g/mol. The summed E-state index contributed by atoms with van der Waals surface area (Å²) in [6.45, 7) is 4.73. The van der Waals surface area contributed by atoms with Gasteiger partial charge < -0.3 is 9.73 Å². The summed E-state index contributed by atoms with van der Waals surface area (Å²) in [6, 6.07) is 15.4. The summed E-state index contributed by atoms with van der Waals surface area (Å²) in [7, 11) is -3.50. The van der Waals surface area contributed by atoms with Gasteiger partial charge in [-0.3, -0.25) is 9.69 Å². The second-order valence-electron chi connectivity index (χ2n) is 7.80. The maximum Gasteiger partial charge on any atom is 0.349 e. The second kappa shape index (κ2) is 9.23. The van der Waals surface area contributed by atoms with Crippen LogP contribution in [0, 0.1) is 6.92 Å². The highest BCUT2D eigenvalue weighted by Crippen LogP contribution is 2.18. The van der Waals surface area contributed by atoms with Crippen LogP contribution in [0.15, 0.2) is 68.7 Å². The van der Waals surface area contributed by atoms with E-state index in [1.165, 1.54) is 10.4 Å². The lowest BCUT2D eigenvalue weighted by atomic mass is 10.2. The van der Waals surface area contributed by atoms with Crippen LogP contribution in [0.4, 0.5) is 0 Å². The van der Waals surface area contributed by atoms with Crippen LogP contribution in [-0.4, -0.2) is 62.8 Å². The fraction of sp³-hybridized carbons (Fsp3) is 0.304. The van der Waals surface area contributed by atoms with Gasteiger partial charge in [0.15, 0.2) is 0 Å². The van der Waals surface area contributed by atoms with Crippen LogP contribution in [0.2, 0.25) is 0 Å². The summed E-state index contributed by atoms with van der Waals surface area (Å²) < 4.78 is 32.3. The summed E-state index contributed by atoms with van der Waals surface area (Å²) in [4.78, 5) is 26.9. The van der Waals surface area contributed by atoms with Crippen molar-refractivity contribution in [2.75, 3.05) is 39.3 Å². The number of carbonyl (C=O) groups is 1. The van der Waals surface area contributed by atoms with Crippen molar-refractivity contribution in [2.45, 2.75) is 11.8 Å². The molecule has 0 radical (unpaired) electrons. The lowest BCUT2D eigenvalue weighted by molar-refractivity contribution is 0.0941. The molecule has 2 aromatic carbocycles. The Hall–Kier alpha value is -3.01. The molecule has 1 N–H and O–H groups in total. The fourth-order valence-corrected chi connectivity index (χ4v) is 5.12. The highest BCUT2D eigenvalue weighted by atomic mass is 32.2. The predicted molar refractivity (Wildman–Crippen MR) is 121 cm³/mol. The van der Waals surface area contributed by atoms with E-state index >= 15 is 0 Å². The molecular weight excluding hydrogens is 430 g/mol. The number of piperazine rings is 1. The smallest absolute Gasteiger partial charge is 0.349 e. The van der Waals surface area contributed by atoms with E-state index in [9.17, 15) is 18.0 Å². The number of sulfonamides is 1. The first-order valence-corrected chi connectivity index (χ1v) is 11.9. The Morgan fingerprint density at radius 1 is 1.03 bits per heavy atom. The van der Waals surface area contributed by atoms with Gasteiger partial charge in [-0.2, -0.15) is 4.31 Å². The summed E-state index contributed by atoms with van der Waals surface area (Å²) in [6.07, 6.45) is 0. The second-order valence-corrected chi connectivity index (χ2v) is 9.74. The van der Waals surface area contributed by atoms with E-state index in [2.05, 4.69) is 10.2 Å². The predicted octanol–water partition coefficient (Wildman–Crippen LogP) is 1.84. The molecule has 1 aromatic heterocycles. The standard InChI is InChI=1S/C23H25N3O5S/c1-17-6-8-19(9-7-17)32(29,30)26-14-12-25(13-15-26)11-10-24-22(27)20-16-18-4-2-3-5-21(18)31-23(20)28/h2-9,16H,10-15H2,1H3,(H,24,27). The Labute approximate surface area is 186 Å². The van der Waals surface area contributed by atoms with Crippen LogP contribution >= 0.6 is 0 Å². The van der Waals surface area contributed by atoms with Gasteiger partial charge >= 0.3 is 5.63 Å². The molecule has 8 nitrogen and oxygen atoms in total. The van der Waals surface area contributed by atoms with E-state index in [1.807, 2.05) is 13.0 Å². The number of benzene rings is 2. The molecule has 0 atom stereocenters. The first-order valence-electron chi connectivity index (χ1n) is 10.4. The van der Waals surface area contributed by atoms with Crippen molar-refractivity contribution in [3.05, 3.63) is 76.1 Å². The molecule has 1 fully saturated rings. The molecule has 4 rings (SSSR count). The van der Waals surface area contributed by atoms with Gasteiger partial charge in [0.1, 0.15) is 11.1 Å². The summed E-state index contributed by atoms with van der Waals surface area (Å²) in [5.41, 5.74) is 0.749. The molecule has 1 saturated heterocycles. The Bertz CT molecular complexity index is 1280. The topological polar surface area (TPSA) is 99.9 Å². The normalized spacial score (nSPS) is 15.7. The maximum atomic E-state index is 12.8. The molecule has 0 aliphatic carbocycles. The average Bonchev–Trinajstić information content (AvgIpc) is 2.79. The lowest BCUT2D eigenvalue weighted by Crippen LogP contribution is -2.50. The Kier molecular flexibility index (Phi) is 6.40. The zero-order valence-electron chi connectivity index (χ0n) is 17.8. The van der Waals surface area contributed by atoms with Crippen molar-refractivity contribution in [3.8, 4) is 0 Å². The third kappa shape index (κ3) is 4.74. The van der Waals surface area contributed by atoms with Crippen molar-refractivity contribution in [3.63, 3.8) is 0 Å². The van der Waals surface area contributed by atoms with Crippen molar-refractivity contribution in [2.24, 2.45) is 0 Å². The number of amides is 1. The van der Waals surface area contributed by atoms with Crippen LogP contribution in [0.25, 0.3) is 11.0 Å². The number of hydrogen-bond acceptors (Lipinski definition) is 6. The Morgan fingerprint density at radius 2 is 1.72 bits per heavy atom. The highest BCUT2D eigenvalue weighted by molar-refractivity contribution is 7.89. The van der Waals surface area contributed by atoms with Crippen LogP contribution in [0.5, 0.6) is 0 Å². The van der Waals surface area contributed by atoms with Crippen molar-refractivity contribution < 1.29 is 17.6 Å². The summed E-state index contributed by atoms with van der Waals surface area (Å²) in [5.74, 6) is -0.481. The lowest BCUT2D eigenvalue weighted by Gasteiger charge is -2.34. The first-order chi connectivity index (χ1) is 15.3. The van der Waals surface area contributed by atoms with Crippen LogP contribution in [0.3, 0.4) is 0 Å². The number of aryl methyl sites for hydroxylation is 1. The zero-order valence-corrected chi connectivity index (χ0v) is 18.6. The van der Waals surface area contributed by atoms with Gasteiger partial charge in [0, 0.05) is 44.7 Å². The van der Waals surface area contributed by atoms with Crippen molar-refractivity contribution in [1.29, 1.82) is 0 Å². The minimum atomic E-state index is -3.50. The molecule has 0 saturated carbocycles. The number of fused-ring (bicyclic) bond motifs is 1. The zero-order chi connectivity index (χ0) is 22.7. The van der Waals surface area contributed by atoms with Gasteiger partial charge in [-0.05, 0) is 31.2 Å². The van der Waals surface area contributed by atoms with E-state index in [0.717, 1.165) is 5.56 Å². The van der Waals surface area contributed by atoms with Crippen LogP contribution in [0.1, 0.15) is 15.9 Å². The molecule has 1 amide bonds. The van der Waals surface area contributed by atoms with Gasteiger partial charge in [-0.1, -0.05) is 35.9 Å². The Morgan fingerprint density at radius 3 is 2.44 bits per heavy atom. The molecule has 168 valence electrons. The molecule has 9 heteroatoms. The van der Waals surface area contributed by atoms with Gasteiger partial charge in [0.2, 0.25) is 10.0 Å². The van der Waals surface area contributed by atoms with E-state index in [1.54, 1.807) is 42.5 Å². The van der Waals surface area contributed by atoms with Gasteiger partial charge in [0.25, 0.3) is 5.91 Å². The van der Waals surface area contributed by atoms with Crippen LogP contribution < -0.4 is 10.9 Å². The number of hydrogen-bond donors (Lipinski definition) is 1. The summed E-state index contributed by atoms with van der Waals surface area (Å²) in [5, 5.41) is 3.44. The molecule has 0 bridgehead atoms. The first kappa shape index (κ1) is 22.2. The third-order valence-corrected chi connectivity index (χ3v) is 7.50. The van der Waals surface area contributed by atoms with Gasteiger partial charge in [-0.25, -0.2) is 13.2 Å². The average molecular weight is 456 g/mol.